The SMILES string of the molecule is CC(O)CC1COCCN1c1ncc(C(F)(F)F)cc1Cl. The Morgan fingerprint density at radius 2 is 2.29 bits per heavy atom. The van der Waals surface area contributed by atoms with Crippen molar-refractivity contribution >= 4 is 17.4 Å². The van der Waals surface area contributed by atoms with Crippen molar-refractivity contribution in [2.75, 3.05) is 24.7 Å². The van der Waals surface area contributed by atoms with Crippen LogP contribution in [0.2, 0.25) is 5.02 Å². The van der Waals surface area contributed by atoms with Crippen LogP contribution >= 0.6 is 11.6 Å². The minimum atomic E-state index is -4.47. The van der Waals surface area contributed by atoms with E-state index in [0.717, 1.165) is 12.3 Å². The minimum absolute atomic E-state index is 0.0534. The number of rotatable bonds is 3. The molecule has 2 heterocycles. The smallest absolute Gasteiger partial charge is 0.393 e. The molecule has 21 heavy (non-hydrogen) atoms. The Kier molecular flexibility index (Phi) is 4.95. The van der Waals surface area contributed by atoms with E-state index >= 15 is 0 Å². The second-order valence-electron chi connectivity index (χ2n) is 5.03. The Morgan fingerprint density at radius 1 is 1.57 bits per heavy atom. The lowest BCUT2D eigenvalue weighted by molar-refractivity contribution is -0.137. The Labute approximate surface area is 125 Å². The zero-order chi connectivity index (χ0) is 15.6. The van der Waals surface area contributed by atoms with E-state index in [4.69, 9.17) is 16.3 Å². The average molecular weight is 325 g/mol. The van der Waals surface area contributed by atoms with Crippen molar-refractivity contribution in [3.63, 3.8) is 0 Å². The third-order valence-electron chi connectivity index (χ3n) is 3.26. The van der Waals surface area contributed by atoms with Crippen molar-refractivity contribution in [1.29, 1.82) is 0 Å². The molecule has 1 aromatic heterocycles. The number of hydrogen-bond acceptors (Lipinski definition) is 4. The van der Waals surface area contributed by atoms with Crippen LogP contribution in [0.15, 0.2) is 12.3 Å². The summed E-state index contributed by atoms with van der Waals surface area (Å²) in [6.45, 7) is 2.93. The van der Waals surface area contributed by atoms with Gasteiger partial charge in [-0.05, 0) is 19.4 Å². The van der Waals surface area contributed by atoms with Gasteiger partial charge in [0.05, 0.1) is 35.9 Å². The molecule has 1 N–H and O–H groups in total. The number of nitrogens with zero attached hydrogens (tertiary/aromatic N) is 2. The number of ether oxygens (including phenoxy) is 1. The van der Waals surface area contributed by atoms with E-state index in [1.54, 1.807) is 11.8 Å². The van der Waals surface area contributed by atoms with Crippen LogP contribution in [-0.4, -0.2) is 42.0 Å². The van der Waals surface area contributed by atoms with Crippen LogP contribution in [-0.2, 0) is 10.9 Å². The molecule has 1 aromatic rings. The normalized spacial score (nSPS) is 21.4. The molecule has 8 heteroatoms. The highest BCUT2D eigenvalue weighted by Gasteiger charge is 2.33. The monoisotopic (exact) mass is 324 g/mol. The predicted molar refractivity (Wildman–Crippen MR) is 72.5 cm³/mol. The Morgan fingerprint density at radius 3 is 2.86 bits per heavy atom. The molecule has 0 spiro atoms. The van der Waals surface area contributed by atoms with E-state index in [1.165, 1.54) is 0 Å². The maximum atomic E-state index is 12.6. The van der Waals surface area contributed by atoms with Gasteiger partial charge in [0, 0.05) is 12.7 Å². The lowest BCUT2D eigenvalue weighted by Crippen LogP contribution is -2.47. The molecular formula is C13H16ClF3N2O2. The third kappa shape index (κ3) is 3.99. The summed E-state index contributed by atoms with van der Waals surface area (Å²) in [5, 5.41) is 9.45. The van der Waals surface area contributed by atoms with Crippen molar-refractivity contribution in [1.82, 2.24) is 4.98 Å². The molecule has 0 bridgehead atoms. The van der Waals surface area contributed by atoms with Gasteiger partial charge in [-0.1, -0.05) is 11.6 Å². The predicted octanol–water partition coefficient (Wildman–Crippen LogP) is 2.73. The molecule has 0 aliphatic carbocycles. The van der Waals surface area contributed by atoms with Crippen LogP contribution in [0, 0.1) is 0 Å². The van der Waals surface area contributed by atoms with Gasteiger partial charge in [0.2, 0.25) is 0 Å². The summed E-state index contributed by atoms with van der Waals surface area (Å²) in [7, 11) is 0. The van der Waals surface area contributed by atoms with Crippen LogP contribution in [0.5, 0.6) is 0 Å². The van der Waals surface area contributed by atoms with E-state index < -0.39 is 17.8 Å². The first-order chi connectivity index (χ1) is 9.79. The molecule has 0 saturated carbocycles. The van der Waals surface area contributed by atoms with Crippen LogP contribution in [0.25, 0.3) is 0 Å². The fourth-order valence-electron chi connectivity index (χ4n) is 2.32. The molecular weight excluding hydrogens is 309 g/mol. The number of halogens is 4. The van der Waals surface area contributed by atoms with E-state index in [0.29, 0.717) is 32.0 Å². The number of alkyl halides is 3. The highest BCUT2D eigenvalue weighted by atomic mass is 35.5. The number of aliphatic hydroxyl groups excluding tert-OH is 1. The topological polar surface area (TPSA) is 45.6 Å². The lowest BCUT2D eigenvalue weighted by atomic mass is 10.1. The van der Waals surface area contributed by atoms with Gasteiger partial charge in [0.15, 0.2) is 0 Å². The standard InChI is InChI=1S/C13H16ClF3N2O2/c1-8(20)4-10-7-21-3-2-19(10)12-11(14)5-9(6-18-12)13(15,16)17/h5-6,8,10,20H,2-4,7H2,1H3. The zero-order valence-electron chi connectivity index (χ0n) is 11.4. The largest absolute Gasteiger partial charge is 0.417 e. The third-order valence-corrected chi connectivity index (χ3v) is 3.54. The minimum Gasteiger partial charge on any atom is -0.393 e. The summed E-state index contributed by atoms with van der Waals surface area (Å²) in [6, 6.07) is 0.708. The van der Waals surface area contributed by atoms with E-state index in [1.807, 2.05) is 0 Å². The molecule has 1 fully saturated rings. The van der Waals surface area contributed by atoms with Crippen molar-refractivity contribution < 1.29 is 23.0 Å². The summed E-state index contributed by atoms with van der Waals surface area (Å²) < 4.78 is 43.2. The number of aromatic nitrogens is 1. The van der Waals surface area contributed by atoms with Crippen molar-refractivity contribution in [3.05, 3.63) is 22.8 Å². The summed E-state index contributed by atoms with van der Waals surface area (Å²) in [5.41, 5.74) is -0.878. The van der Waals surface area contributed by atoms with Gasteiger partial charge in [0.25, 0.3) is 0 Å². The van der Waals surface area contributed by atoms with Gasteiger partial charge in [-0.2, -0.15) is 13.2 Å². The average Bonchev–Trinajstić information content (AvgIpc) is 2.38. The van der Waals surface area contributed by atoms with Crippen LogP contribution < -0.4 is 4.90 Å². The first-order valence-corrected chi connectivity index (χ1v) is 6.92. The molecule has 1 aliphatic rings. The molecule has 2 unspecified atom stereocenters. The molecule has 1 aliphatic heterocycles. The first kappa shape index (κ1) is 16.3. The number of aliphatic hydroxyl groups is 1. The number of pyridine rings is 1. The van der Waals surface area contributed by atoms with Crippen molar-refractivity contribution in [2.45, 2.75) is 31.7 Å². The highest BCUT2D eigenvalue weighted by Crippen LogP contribution is 2.34. The van der Waals surface area contributed by atoms with Gasteiger partial charge >= 0.3 is 6.18 Å². The van der Waals surface area contributed by atoms with Crippen LogP contribution in [0.4, 0.5) is 19.0 Å². The molecule has 0 amide bonds. The highest BCUT2D eigenvalue weighted by molar-refractivity contribution is 6.33. The molecule has 0 aromatic carbocycles. The maximum absolute atomic E-state index is 12.6. The van der Waals surface area contributed by atoms with Crippen molar-refractivity contribution in [3.8, 4) is 0 Å². The maximum Gasteiger partial charge on any atom is 0.417 e. The van der Waals surface area contributed by atoms with Crippen LogP contribution in [0.1, 0.15) is 18.9 Å². The Balaban J connectivity index is 2.26. The van der Waals surface area contributed by atoms with Gasteiger partial charge in [-0.15, -0.1) is 0 Å². The number of hydrogen-bond donors (Lipinski definition) is 1. The zero-order valence-corrected chi connectivity index (χ0v) is 12.2. The van der Waals surface area contributed by atoms with Crippen molar-refractivity contribution in [2.24, 2.45) is 0 Å². The Bertz CT molecular complexity index is 497. The van der Waals surface area contributed by atoms with E-state index in [2.05, 4.69) is 4.98 Å². The summed E-state index contributed by atoms with van der Waals surface area (Å²) in [4.78, 5) is 5.65. The molecule has 2 atom stereocenters. The summed E-state index contributed by atoms with van der Waals surface area (Å²) in [6.07, 6.45) is -3.82. The molecule has 1 saturated heterocycles. The summed E-state index contributed by atoms with van der Waals surface area (Å²) >= 11 is 5.96. The molecule has 2 rings (SSSR count). The van der Waals surface area contributed by atoms with E-state index in [-0.39, 0.29) is 11.1 Å². The fourth-order valence-corrected chi connectivity index (χ4v) is 2.59. The number of morpholine rings is 1. The van der Waals surface area contributed by atoms with Gasteiger partial charge < -0.3 is 14.7 Å². The van der Waals surface area contributed by atoms with Gasteiger partial charge in [0.1, 0.15) is 5.82 Å². The summed E-state index contributed by atoms with van der Waals surface area (Å²) in [5.74, 6) is 0.290. The fraction of sp³-hybridized carbons (Fsp3) is 0.615. The Hall–Kier alpha value is -1.05. The molecule has 0 radical (unpaired) electrons. The second-order valence-corrected chi connectivity index (χ2v) is 5.44. The van der Waals surface area contributed by atoms with Gasteiger partial charge in [-0.3, -0.25) is 0 Å². The quantitative estimate of drug-likeness (QED) is 0.928. The lowest BCUT2D eigenvalue weighted by Gasteiger charge is -2.37. The van der Waals surface area contributed by atoms with Crippen LogP contribution in [0.3, 0.4) is 0 Å². The van der Waals surface area contributed by atoms with Gasteiger partial charge in [-0.25, -0.2) is 4.98 Å². The first-order valence-electron chi connectivity index (χ1n) is 6.54. The van der Waals surface area contributed by atoms with E-state index in [9.17, 15) is 18.3 Å². The second kappa shape index (κ2) is 6.37. The number of anilines is 1. The molecule has 4 nitrogen and oxygen atoms in total. The molecule has 118 valence electrons.